The Morgan fingerprint density at radius 2 is 1.52 bits per heavy atom. The molecule has 0 saturated carbocycles. The molecule has 4 aliphatic heterocycles. The number of aromatic hydroxyl groups is 1. The number of phenols is 1. The number of piperidine rings is 1. The first-order valence-electron chi connectivity index (χ1n) is 14.1. The van der Waals surface area contributed by atoms with Crippen LogP contribution in [0.2, 0.25) is 0 Å². The van der Waals surface area contributed by atoms with Gasteiger partial charge in [-0.25, -0.2) is 4.39 Å². The van der Waals surface area contributed by atoms with Gasteiger partial charge in [-0.2, -0.15) is 9.78 Å². The van der Waals surface area contributed by atoms with E-state index in [0.29, 0.717) is 0 Å². The van der Waals surface area contributed by atoms with Crippen LogP contribution in [-0.2, 0) is 45.5 Å². The molecule has 54 heavy (non-hydrogen) atoms. The van der Waals surface area contributed by atoms with Crippen LogP contribution in [0.3, 0.4) is 0 Å². The van der Waals surface area contributed by atoms with Gasteiger partial charge in [-0.3, -0.25) is 29.3 Å². The minimum atomic E-state index is -4.83. The summed E-state index contributed by atoms with van der Waals surface area (Å²) < 4.78 is 24.6. The first-order valence-corrected chi connectivity index (χ1v) is 14.1. The first kappa shape index (κ1) is 40.7. The van der Waals surface area contributed by atoms with Gasteiger partial charge >= 0.3 is 29.7 Å². The molecule has 17 N–H and O–H groups in total. The quantitative estimate of drug-likeness (QED) is 0.0318. The molecule has 3 amide bonds. The van der Waals surface area contributed by atoms with Gasteiger partial charge in [-0.15, -0.1) is 4.90 Å². The second-order valence-electron chi connectivity index (χ2n) is 11.8. The molecule has 4 radical (unpaired) electrons. The zero-order valence-corrected chi connectivity index (χ0v) is 26.1. The number of amides is 3. The highest BCUT2D eigenvalue weighted by Gasteiger charge is 2.84. The number of nitrogens with zero attached hydrogens (tertiary/aromatic N) is 2. The molecule has 4 saturated heterocycles. The molecule has 3 unspecified atom stereocenters. The zero-order chi connectivity index (χ0) is 41.3. The Bertz CT molecular complexity index is 1970. The van der Waals surface area contributed by atoms with Crippen molar-refractivity contribution >= 4 is 44.3 Å². The van der Waals surface area contributed by atoms with Crippen molar-refractivity contribution in [1.29, 1.82) is 0 Å². The van der Waals surface area contributed by atoms with E-state index in [2.05, 4.69) is 25.8 Å². The highest BCUT2D eigenvalue weighted by atomic mass is 19.1. The van der Waals surface area contributed by atoms with Crippen LogP contribution in [0, 0.1) is 5.82 Å². The van der Waals surface area contributed by atoms with Crippen LogP contribution in [0.4, 0.5) is 4.39 Å². The van der Waals surface area contributed by atoms with Crippen LogP contribution in [-0.4, -0.2) is 161 Å². The molecule has 0 bridgehead atoms. The number of halogens is 1. The fraction of sp³-hybridized carbons (Fsp3) is 0.400. The van der Waals surface area contributed by atoms with Crippen LogP contribution in [0.1, 0.15) is 24.0 Å². The number of rotatable bonds is 6. The molecule has 0 spiro atoms. The fourth-order valence-corrected chi connectivity index (χ4v) is 5.81. The Balaban J connectivity index is 1.71. The summed E-state index contributed by atoms with van der Waals surface area (Å²) in [5, 5.41) is 170. The number of imide groups is 1. The first-order chi connectivity index (χ1) is 24.3. The lowest BCUT2D eigenvalue weighted by molar-refractivity contribution is -0.660. The molecule has 3 atom stereocenters. The molecule has 1 aromatic carbocycles. The Labute approximate surface area is 297 Å². The van der Waals surface area contributed by atoms with Crippen LogP contribution in [0.25, 0.3) is 0 Å². The predicted octanol–water partition coefficient (Wildman–Crippen LogP) is -9.87. The van der Waals surface area contributed by atoms with Crippen molar-refractivity contribution in [3.63, 3.8) is 0 Å². The minimum absolute atomic E-state index is 0.205. The second-order valence-corrected chi connectivity index (χ2v) is 11.8. The van der Waals surface area contributed by atoms with Gasteiger partial charge in [0.25, 0.3) is 23.7 Å². The van der Waals surface area contributed by atoms with E-state index in [1.165, 1.54) is 0 Å². The molecule has 0 aromatic heterocycles. The highest BCUT2D eigenvalue weighted by Crippen LogP contribution is 2.55. The smallest absolute Gasteiger partial charge is 0.360 e. The molecule has 4 fully saturated rings. The molecule has 26 nitrogen and oxygen atoms in total. The van der Waals surface area contributed by atoms with E-state index in [0.717, 1.165) is 0 Å². The SMILES string of the molecule is [B]c1c([B])c(C2(O)OOC3(O)N2C(O)(O)C(O)(O)OC3(O)O)c(F)c(C(O)(O)OC(O)=C2/C(=C(/O)C(=C)O)C(=O)N(C3CCC(=O)NC3=O)C2(O)O)c1O. The van der Waals surface area contributed by atoms with Crippen molar-refractivity contribution in [3.05, 3.63) is 52.1 Å². The summed E-state index contributed by atoms with van der Waals surface area (Å²) in [5.74, 6) is -46.3. The molecule has 29 heteroatoms. The minimum Gasteiger partial charge on any atom is -0.508 e. The van der Waals surface area contributed by atoms with Crippen molar-refractivity contribution in [2.45, 2.75) is 60.4 Å². The number of benzene rings is 1. The summed E-state index contributed by atoms with van der Waals surface area (Å²) in [7, 11) is 11.2. The third-order valence-electron chi connectivity index (χ3n) is 8.32. The van der Waals surface area contributed by atoms with Crippen LogP contribution in [0.5, 0.6) is 5.75 Å². The van der Waals surface area contributed by atoms with Crippen molar-refractivity contribution in [2.24, 2.45) is 0 Å². The zero-order valence-electron chi connectivity index (χ0n) is 26.1. The van der Waals surface area contributed by atoms with E-state index in [1.54, 1.807) is 5.32 Å². The van der Waals surface area contributed by atoms with Crippen LogP contribution in [0.15, 0.2) is 35.2 Å². The van der Waals surface area contributed by atoms with Gasteiger partial charge in [-0.05, 0) is 6.42 Å². The lowest BCUT2D eigenvalue weighted by atomic mass is 9.74. The maximum Gasteiger partial charge on any atom is 0.360 e. The van der Waals surface area contributed by atoms with Crippen LogP contribution >= 0.6 is 0 Å². The summed E-state index contributed by atoms with van der Waals surface area (Å²) in [6.07, 6.45) is -1.17. The number of carbonyl (C=O) groups is 3. The lowest BCUT2D eigenvalue weighted by Crippen LogP contribution is -2.85. The number of morpholine rings is 1. The third kappa shape index (κ3) is 5.35. The Morgan fingerprint density at radius 1 is 0.944 bits per heavy atom. The van der Waals surface area contributed by atoms with Gasteiger partial charge < -0.3 is 86.4 Å². The number of hydrogen-bond acceptors (Lipinski definition) is 24. The number of phenolic OH excluding ortho intramolecular Hbond substituents is 1. The summed E-state index contributed by atoms with van der Waals surface area (Å²) in [4.78, 5) is 44.5. The van der Waals surface area contributed by atoms with Gasteiger partial charge in [-0.1, -0.05) is 17.5 Å². The molecular formula is C25H24B2FN3O23. The molecular weight excluding hydrogens is 751 g/mol. The fourth-order valence-electron chi connectivity index (χ4n) is 5.81. The number of likely N-dealkylation sites (tertiary alicyclic amines) is 1. The summed E-state index contributed by atoms with van der Waals surface area (Å²) in [5.41, 5.74) is -11.0. The number of aliphatic hydroxyl groups excluding tert-OH is 3. The molecule has 4 heterocycles. The number of nitrogens with one attached hydrogen (secondary N) is 1. The normalized spacial score (nSPS) is 30.9. The van der Waals surface area contributed by atoms with Crippen molar-refractivity contribution in [1.82, 2.24) is 15.1 Å². The number of carbonyl (C=O) groups excluding carboxylic acids is 3. The van der Waals surface area contributed by atoms with E-state index in [9.17, 15) is 96.1 Å². The second kappa shape index (κ2) is 12.0. The van der Waals surface area contributed by atoms with E-state index in [4.69, 9.17) is 15.7 Å². The highest BCUT2D eigenvalue weighted by molar-refractivity contribution is 6.50. The van der Waals surface area contributed by atoms with E-state index in [-0.39, 0.29) is 4.90 Å². The van der Waals surface area contributed by atoms with Crippen molar-refractivity contribution < 1.29 is 120 Å². The Hall–Kier alpha value is -4.53. The van der Waals surface area contributed by atoms with Gasteiger partial charge in [0.2, 0.25) is 11.8 Å². The van der Waals surface area contributed by atoms with Crippen LogP contribution < -0.4 is 16.2 Å². The van der Waals surface area contributed by atoms with E-state index in [1.807, 2.05) is 0 Å². The van der Waals surface area contributed by atoms with Gasteiger partial charge in [0.15, 0.2) is 11.5 Å². The lowest BCUT2D eigenvalue weighted by Gasteiger charge is -2.54. The monoisotopic (exact) mass is 775 g/mol. The topological polar surface area (TPSA) is 430 Å². The largest absolute Gasteiger partial charge is 0.508 e. The summed E-state index contributed by atoms with van der Waals surface area (Å²) in [6, 6.07) is -2.02. The van der Waals surface area contributed by atoms with Gasteiger partial charge in [0, 0.05) is 6.42 Å². The molecule has 5 rings (SSSR count). The number of fused-ring (bicyclic) bond motifs is 1. The van der Waals surface area contributed by atoms with E-state index >= 15 is 4.39 Å². The maximum atomic E-state index is 16.5. The van der Waals surface area contributed by atoms with Crippen molar-refractivity contribution in [3.8, 4) is 5.75 Å². The molecule has 0 aliphatic carbocycles. The van der Waals surface area contributed by atoms with Crippen molar-refractivity contribution in [2.75, 3.05) is 0 Å². The third-order valence-corrected chi connectivity index (χ3v) is 8.32. The number of hydrogen-bond donors (Lipinski definition) is 17. The maximum absolute atomic E-state index is 16.5. The molecule has 1 aromatic rings. The van der Waals surface area contributed by atoms with Gasteiger partial charge in [0.1, 0.15) is 50.0 Å². The number of ether oxygens (including phenoxy) is 2. The number of aliphatic hydroxyl groups is 15. The standard InChI is InChI=1S/C25H24B2FN3O23/c1-4(32)14(34)7-8(19(39,40)30(17(7)37)5-2-3-6(33)29-16(5)36)18(38)51-21(42,43)10-13(28)9(11(26)12(27)15(10)35)20(41)31-22(44,45)24(47,48)52-25(49,50)23(31,46)54-53-20/h5,32,34-35,38-50H,1-3H2,(H,29,33,36)/b14-7-,18-8?. The summed E-state index contributed by atoms with van der Waals surface area (Å²) in [6.45, 7) is 2.88. The summed E-state index contributed by atoms with van der Waals surface area (Å²) >= 11 is 0. The Morgan fingerprint density at radius 3 is 2.06 bits per heavy atom. The molecule has 4 aliphatic rings. The van der Waals surface area contributed by atoms with Gasteiger partial charge in [0.05, 0.1) is 5.56 Å². The molecule has 290 valence electrons. The average Bonchev–Trinajstić information content (AvgIpc) is 3.41. The Kier molecular flexibility index (Phi) is 9.02. The van der Waals surface area contributed by atoms with E-state index < -0.39 is 145 Å². The average molecular weight is 775 g/mol. The predicted molar refractivity (Wildman–Crippen MR) is 153 cm³/mol.